The maximum absolute atomic E-state index is 12.4. The van der Waals surface area contributed by atoms with Gasteiger partial charge >= 0.3 is 6.09 Å². The van der Waals surface area contributed by atoms with Crippen LogP contribution < -0.4 is 0 Å². The number of carbonyl (C=O) groups excluding carboxylic acids is 1. The summed E-state index contributed by atoms with van der Waals surface area (Å²) in [6.07, 6.45) is -0.266. The molecule has 0 radical (unpaired) electrons. The Bertz CT molecular complexity index is 955. The monoisotopic (exact) mass is 540 g/mol. The molecule has 0 aliphatic carbocycles. The molecule has 210 valence electrons. The van der Waals surface area contributed by atoms with Gasteiger partial charge in [-0.05, 0) is 50.0 Å². The molecule has 0 N–H and O–H groups in total. The van der Waals surface area contributed by atoms with E-state index in [1.807, 2.05) is 20.8 Å². The van der Waals surface area contributed by atoms with Crippen LogP contribution in [-0.2, 0) is 27.0 Å². The van der Waals surface area contributed by atoms with Crippen LogP contribution in [0.1, 0.15) is 52.7 Å². The summed E-state index contributed by atoms with van der Waals surface area (Å²) in [5.41, 5.74) is 2.03. The van der Waals surface area contributed by atoms with Gasteiger partial charge < -0.3 is 18.8 Å². The summed E-state index contributed by atoms with van der Waals surface area (Å²) in [5.74, 6) is 0. The van der Waals surface area contributed by atoms with Crippen molar-refractivity contribution in [1.82, 2.24) is 9.80 Å². The van der Waals surface area contributed by atoms with Crippen LogP contribution in [0.15, 0.2) is 60.7 Å². The number of hydrogen-bond acceptors (Lipinski definition) is 5. The topological polar surface area (TPSA) is 51.2 Å². The second kappa shape index (κ2) is 12.8. The van der Waals surface area contributed by atoms with Crippen LogP contribution in [0.2, 0.25) is 18.1 Å². The molecule has 7 heteroatoms. The number of rotatable bonds is 11. The van der Waals surface area contributed by atoms with Crippen LogP contribution in [0.25, 0.3) is 0 Å². The van der Waals surface area contributed by atoms with E-state index in [0.717, 1.165) is 13.1 Å². The zero-order valence-electron chi connectivity index (χ0n) is 24.7. The molecule has 1 amide bonds. The van der Waals surface area contributed by atoms with Gasteiger partial charge in [0.25, 0.3) is 0 Å². The molecule has 0 aromatic heterocycles. The number of nitrogens with zero attached hydrogens (tertiary/aromatic N) is 2. The van der Waals surface area contributed by atoms with Gasteiger partial charge in [-0.25, -0.2) is 4.79 Å². The van der Waals surface area contributed by atoms with Crippen molar-refractivity contribution in [1.29, 1.82) is 0 Å². The average Bonchev–Trinajstić information content (AvgIpc) is 2.79. The Balaban J connectivity index is 1.73. The number of likely N-dealkylation sites (tertiary alicyclic amines) is 1. The summed E-state index contributed by atoms with van der Waals surface area (Å²) in [5, 5.41) is 0.129. The van der Waals surface area contributed by atoms with Gasteiger partial charge in [-0.15, -0.1) is 0 Å². The van der Waals surface area contributed by atoms with Gasteiger partial charge in [-0.2, -0.15) is 0 Å². The molecular formula is C31H48N2O4Si. The zero-order chi connectivity index (χ0) is 28.0. The lowest BCUT2D eigenvalue weighted by molar-refractivity contribution is -0.0819. The van der Waals surface area contributed by atoms with E-state index in [-0.39, 0.29) is 23.3 Å². The summed E-state index contributed by atoms with van der Waals surface area (Å²) in [4.78, 5) is 16.6. The summed E-state index contributed by atoms with van der Waals surface area (Å²) in [7, 11) is -1.95. The maximum atomic E-state index is 12.4. The number of benzene rings is 2. The molecule has 38 heavy (non-hydrogen) atoms. The number of ether oxygens (including phenoxy) is 2. The Hall–Kier alpha value is -2.19. The van der Waals surface area contributed by atoms with Crippen molar-refractivity contribution in [3.63, 3.8) is 0 Å². The molecule has 3 rings (SSSR count). The highest BCUT2D eigenvalue weighted by Crippen LogP contribution is 2.37. The normalized spacial score (nSPS) is 15.9. The van der Waals surface area contributed by atoms with Gasteiger partial charge in [-0.3, -0.25) is 4.90 Å². The Kier molecular flexibility index (Phi) is 10.2. The summed E-state index contributed by atoms with van der Waals surface area (Å²) in [6.45, 7) is 21.0. The van der Waals surface area contributed by atoms with Crippen molar-refractivity contribution in [2.75, 3.05) is 26.3 Å². The van der Waals surface area contributed by atoms with E-state index in [1.165, 1.54) is 11.1 Å². The molecule has 1 fully saturated rings. The minimum absolute atomic E-state index is 0.00758. The molecule has 2 aromatic carbocycles. The summed E-state index contributed by atoms with van der Waals surface area (Å²) in [6, 6.07) is 21.2. The smallest absolute Gasteiger partial charge is 0.410 e. The molecule has 1 aliphatic rings. The average molecular weight is 541 g/mol. The molecular weight excluding hydrogens is 492 g/mol. The third kappa shape index (κ3) is 9.22. The summed E-state index contributed by atoms with van der Waals surface area (Å²) < 4.78 is 18.6. The third-order valence-electron chi connectivity index (χ3n) is 7.44. The molecule has 1 aliphatic heterocycles. The number of hydrogen-bond donors (Lipinski definition) is 0. The van der Waals surface area contributed by atoms with Crippen molar-refractivity contribution in [3.8, 4) is 0 Å². The number of amides is 1. The highest BCUT2D eigenvalue weighted by molar-refractivity contribution is 6.74. The zero-order valence-corrected chi connectivity index (χ0v) is 25.7. The predicted octanol–water partition coefficient (Wildman–Crippen LogP) is 6.72. The fourth-order valence-electron chi connectivity index (χ4n) is 4.00. The number of carbonyl (C=O) groups is 1. The first-order valence-corrected chi connectivity index (χ1v) is 16.7. The lowest BCUT2D eigenvalue weighted by Crippen LogP contribution is -2.57. The molecule has 0 saturated carbocycles. The van der Waals surface area contributed by atoms with E-state index >= 15 is 0 Å². The fourth-order valence-corrected chi connectivity index (χ4v) is 5.04. The van der Waals surface area contributed by atoms with Gasteiger partial charge in [0.2, 0.25) is 0 Å². The van der Waals surface area contributed by atoms with E-state index in [1.54, 1.807) is 4.90 Å². The summed E-state index contributed by atoms with van der Waals surface area (Å²) >= 11 is 0. The first kappa shape index (κ1) is 30.3. The minimum atomic E-state index is -1.95. The van der Waals surface area contributed by atoms with Crippen LogP contribution in [0.5, 0.6) is 0 Å². The van der Waals surface area contributed by atoms with E-state index < -0.39 is 13.9 Å². The maximum Gasteiger partial charge on any atom is 0.410 e. The highest BCUT2D eigenvalue weighted by atomic mass is 28.4. The Morgan fingerprint density at radius 2 is 1.39 bits per heavy atom. The van der Waals surface area contributed by atoms with Crippen LogP contribution in [0.4, 0.5) is 4.79 Å². The van der Waals surface area contributed by atoms with Crippen molar-refractivity contribution in [3.05, 3.63) is 71.8 Å². The van der Waals surface area contributed by atoms with E-state index in [2.05, 4.69) is 99.4 Å². The molecule has 1 unspecified atom stereocenters. The molecule has 2 aromatic rings. The lowest BCUT2D eigenvalue weighted by Gasteiger charge is -2.42. The van der Waals surface area contributed by atoms with Gasteiger partial charge in [0, 0.05) is 13.1 Å². The molecule has 1 atom stereocenters. The van der Waals surface area contributed by atoms with E-state index in [4.69, 9.17) is 13.9 Å². The van der Waals surface area contributed by atoms with E-state index in [0.29, 0.717) is 26.3 Å². The first-order valence-electron chi connectivity index (χ1n) is 13.8. The van der Waals surface area contributed by atoms with Crippen molar-refractivity contribution >= 4 is 14.4 Å². The first-order chi connectivity index (χ1) is 17.7. The molecule has 1 saturated heterocycles. The Morgan fingerprint density at radius 1 is 0.895 bits per heavy atom. The van der Waals surface area contributed by atoms with Gasteiger partial charge in [-0.1, -0.05) is 81.4 Å². The fraction of sp³-hybridized carbons (Fsp3) is 0.581. The van der Waals surface area contributed by atoms with Crippen molar-refractivity contribution in [2.24, 2.45) is 0 Å². The Morgan fingerprint density at radius 3 is 1.84 bits per heavy atom. The lowest BCUT2D eigenvalue weighted by atomic mass is 10.1. The minimum Gasteiger partial charge on any atom is -0.444 e. The van der Waals surface area contributed by atoms with Crippen LogP contribution in [0.3, 0.4) is 0 Å². The second-order valence-corrected chi connectivity index (χ2v) is 17.8. The van der Waals surface area contributed by atoms with Crippen LogP contribution >= 0.6 is 0 Å². The highest BCUT2D eigenvalue weighted by Gasteiger charge is 2.39. The molecule has 6 nitrogen and oxygen atoms in total. The quantitative estimate of drug-likeness (QED) is 0.296. The van der Waals surface area contributed by atoms with Crippen LogP contribution in [-0.4, -0.2) is 68.3 Å². The van der Waals surface area contributed by atoms with Crippen LogP contribution in [0, 0.1) is 0 Å². The van der Waals surface area contributed by atoms with Crippen molar-refractivity contribution < 1.29 is 18.7 Å². The van der Waals surface area contributed by atoms with Gasteiger partial charge in [0.15, 0.2) is 8.32 Å². The largest absolute Gasteiger partial charge is 0.444 e. The standard InChI is InChI=1S/C31H48N2O4Si/c1-30(2,3)37-29(34)33-21-28(22-33)35-23-27(24-36-38(7,8)31(4,5)6)32(19-25-15-11-9-12-16-25)20-26-17-13-10-14-18-26/h9-18,27-28H,19-24H2,1-8H3. The van der Waals surface area contributed by atoms with E-state index in [9.17, 15) is 4.79 Å². The molecule has 0 spiro atoms. The SMILES string of the molecule is CC(C)(C)OC(=O)N1CC(OCC(CO[Si](C)(C)C(C)(C)C)N(Cc2ccccc2)Cc2ccccc2)C1. The predicted molar refractivity (Wildman–Crippen MR) is 157 cm³/mol. The van der Waals surface area contributed by atoms with Crippen molar-refractivity contribution in [2.45, 2.75) is 90.5 Å². The Labute approximate surface area is 231 Å². The van der Waals surface area contributed by atoms with Gasteiger partial charge in [0.05, 0.1) is 38.4 Å². The second-order valence-electron chi connectivity index (χ2n) is 12.9. The van der Waals surface area contributed by atoms with Gasteiger partial charge in [0.1, 0.15) is 5.60 Å². The molecule has 1 heterocycles. The molecule has 0 bridgehead atoms. The third-order valence-corrected chi connectivity index (χ3v) is 11.9.